The van der Waals surface area contributed by atoms with Crippen LogP contribution in [0.2, 0.25) is 0 Å². The highest BCUT2D eigenvalue weighted by molar-refractivity contribution is 5.90. The van der Waals surface area contributed by atoms with Crippen molar-refractivity contribution in [2.75, 3.05) is 13.2 Å². The lowest BCUT2D eigenvalue weighted by Gasteiger charge is -2.35. The highest BCUT2D eigenvalue weighted by Crippen LogP contribution is 2.27. The van der Waals surface area contributed by atoms with Crippen LogP contribution in [0.5, 0.6) is 0 Å². The molecule has 28 heavy (non-hydrogen) atoms. The van der Waals surface area contributed by atoms with Crippen LogP contribution in [0.3, 0.4) is 0 Å². The molecule has 2 aromatic heterocycles. The maximum atomic E-state index is 12.5. The zero-order valence-electron chi connectivity index (χ0n) is 16.0. The zero-order chi connectivity index (χ0) is 19.8. The van der Waals surface area contributed by atoms with E-state index in [4.69, 9.17) is 4.74 Å². The number of nitrogens with zero attached hydrogens (tertiary/aromatic N) is 4. The average Bonchev–Trinajstić information content (AvgIpc) is 3.41. The van der Waals surface area contributed by atoms with E-state index in [9.17, 15) is 9.59 Å². The van der Waals surface area contributed by atoms with E-state index in [0.717, 1.165) is 6.42 Å². The number of hydrogen-bond donors (Lipinski definition) is 3. The topological polar surface area (TPSA) is 127 Å². The van der Waals surface area contributed by atoms with Crippen LogP contribution in [-0.2, 0) is 16.1 Å². The highest BCUT2D eigenvalue weighted by atomic mass is 16.5. The number of carbonyl (C=O) groups excluding carboxylic acids is 2. The molecular formula is C18H27N7O3. The van der Waals surface area contributed by atoms with Crippen molar-refractivity contribution in [3.05, 3.63) is 30.9 Å². The molecule has 2 amide bonds. The largest absolute Gasteiger partial charge is 0.376 e. The smallest absolute Gasteiger partial charge is 0.287 e. The summed E-state index contributed by atoms with van der Waals surface area (Å²) < 4.78 is 7.63. The summed E-state index contributed by atoms with van der Waals surface area (Å²) in [4.78, 5) is 35.5. The summed E-state index contributed by atoms with van der Waals surface area (Å²) in [5, 5.41) is 9.97. The molecule has 0 unspecified atom stereocenters. The van der Waals surface area contributed by atoms with Gasteiger partial charge >= 0.3 is 0 Å². The van der Waals surface area contributed by atoms with Crippen molar-refractivity contribution in [2.45, 2.75) is 51.3 Å². The molecule has 0 radical (unpaired) electrons. The van der Waals surface area contributed by atoms with Crippen molar-refractivity contribution in [1.82, 2.24) is 35.4 Å². The van der Waals surface area contributed by atoms with E-state index in [2.05, 4.69) is 30.7 Å². The van der Waals surface area contributed by atoms with Crippen molar-refractivity contribution in [2.24, 2.45) is 5.92 Å². The summed E-state index contributed by atoms with van der Waals surface area (Å²) >= 11 is 0. The third kappa shape index (κ3) is 5.38. The first-order valence-electron chi connectivity index (χ1n) is 9.69. The SMILES string of the molecule is CCCO[C@@H]1C[C@@H](C(=O)NCCn2cncn2)CC[C@H]1NC(=O)c1ncc[nH]1. The molecule has 3 rings (SSSR count). The molecule has 152 valence electrons. The molecule has 1 aliphatic rings. The van der Waals surface area contributed by atoms with Crippen LogP contribution in [0.25, 0.3) is 0 Å². The molecule has 0 aromatic carbocycles. The van der Waals surface area contributed by atoms with Crippen LogP contribution in [0.4, 0.5) is 0 Å². The summed E-state index contributed by atoms with van der Waals surface area (Å²) in [5.41, 5.74) is 0. The minimum absolute atomic E-state index is 0.0148. The number of amides is 2. The molecule has 10 nitrogen and oxygen atoms in total. The van der Waals surface area contributed by atoms with E-state index >= 15 is 0 Å². The van der Waals surface area contributed by atoms with Gasteiger partial charge in [0.1, 0.15) is 12.7 Å². The molecule has 10 heteroatoms. The summed E-state index contributed by atoms with van der Waals surface area (Å²) in [6.07, 6.45) is 8.89. The predicted octanol–water partition coefficient (Wildman–Crippen LogP) is 0.511. The second-order valence-corrected chi connectivity index (χ2v) is 6.89. The van der Waals surface area contributed by atoms with E-state index in [1.807, 2.05) is 6.92 Å². The molecule has 1 fully saturated rings. The quantitative estimate of drug-likeness (QED) is 0.574. The monoisotopic (exact) mass is 389 g/mol. The first kappa shape index (κ1) is 20.0. The summed E-state index contributed by atoms with van der Waals surface area (Å²) in [7, 11) is 0. The normalized spacial score (nSPS) is 22.0. The molecule has 1 aliphatic carbocycles. The van der Waals surface area contributed by atoms with Gasteiger partial charge < -0.3 is 20.4 Å². The van der Waals surface area contributed by atoms with Gasteiger partial charge in [0.05, 0.1) is 18.7 Å². The summed E-state index contributed by atoms with van der Waals surface area (Å²) in [6.45, 7) is 3.71. The van der Waals surface area contributed by atoms with Crippen molar-refractivity contribution in [3.63, 3.8) is 0 Å². The molecule has 1 saturated carbocycles. The Morgan fingerprint density at radius 1 is 1.39 bits per heavy atom. The number of aromatic amines is 1. The Labute approximate surface area is 163 Å². The predicted molar refractivity (Wildman–Crippen MR) is 100 cm³/mol. The molecule has 0 saturated heterocycles. The lowest BCUT2D eigenvalue weighted by atomic mass is 9.83. The van der Waals surface area contributed by atoms with Crippen molar-refractivity contribution in [3.8, 4) is 0 Å². The van der Waals surface area contributed by atoms with Crippen molar-refractivity contribution < 1.29 is 14.3 Å². The van der Waals surface area contributed by atoms with Gasteiger partial charge in [-0.1, -0.05) is 6.92 Å². The van der Waals surface area contributed by atoms with Crippen LogP contribution in [0, 0.1) is 5.92 Å². The zero-order valence-corrected chi connectivity index (χ0v) is 16.0. The van der Waals surface area contributed by atoms with Crippen LogP contribution < -0.4 is 10.6 Å². The van der Waals surface area contributed by atoms with Gasteiger partial charge in [-0.05, 0) is 25.7 Å². The van der Waals surface area contributed by atoms with E-state index < -0.39 is 0 Å². The molecule has 3 atom stereocenters. The fourth-order valence-electron chi connectivity index (χ4n) is 3.40. The van der Waals surface area contributed by atoms with Gasteiger partial charge in [0, 0.05) is 31.5 Å². The number of nitrogens with one attached hydrogen (secondary N) is 3. The Balaban J connectivity index is 1.51. The van der Waals surface area contributed by atoms with Gasteiger partial charge in [-0.25, -0.2) is 9.97 Å². The van der Waals surface area contributed by atoms with Crippen molar-refractivity contribution >= 4 is 11.8 Å². The first-order chi connectivity index (χ1) is 13.7. The fraction of sp³-hybridized carbons (Fsp3) is 0.611. The third-order valence-corrected chi connectivity index (χ3v) is 4.84. The molecule has 0 aliphatic heterocycles. The number of H-pyrrole nitrogens is 1. The number of aromatic nitrogens is 5. The van der Waals surface area contributed by atoms with E-state index in [0.29, 0.717) is 39.0 Å². The van der Waals surface area contributed by atoms with Gasteiger partial charge in [-0.15, -0.1) is 0 Å². The molecular weight excluding hydrogens is 362 g/mol. The Morgan fingerprint density at radius 3 is 3.00 bits per heavy atom. The molecule has 2 heterocycles. The number of carbonyl (C=O) groups is 2. The van der Waals surface area contributed by atoms with Crippen LogP contribution in [0.15, 0.2) is 25.0 Å². The fourth-order valence-corrected chi connectivity index (χ4v) is 3.40. The maximum absolute atomic E-state index is 12.5. The van der Waals surface area contributed by atoms with Crippen LogP contribution in [-0.4, -0.2) is 61.8 Å². The minimum atomic E-state index is -0.254. The number of ether oxygens (including phenoxy) is 1. The van der Waals surface area contributed by atoms with E-state index in [-0.39, 0.29) is 35.7 Å². The van der Waals surface area contributed by atoms with Crippen LogP contribution >= 0.6 is 0 Å². The third-order valence-electron chi connectivity index (χ3n) is 4.84. The van der Waals surface area contributed by atoms with Crippen molar-refractivity contribution in [1.29, 1.82) is 0 Å². The highest BCUT2D eigenvalue weighted by Gasteiger charge is 2.35. The van der Waals surface area contributed by atoms with Gasteiger partial charge in [-0.2, -0.15) is 5.10 Å². The number of hydrogen-bond acceptors (Lipinski definition) is 6. The second kappa shape index (κ2) is 9.98. The van der Waals surface area contributed by atoms with Gasteiger partial charge in [0.15, 0.2) is 5.82 Å². The maximum Gasteiger partial charge on any atom is 0.287 e. The average molecular weight is 389 g/mol. The van der Waals surface area contributed by atoms with E-state index in [1.54, 1.807) is 23.4 Å². The molecule has 2 aromatic rings. The first-order valence-corrected chi connectivity index (χ1v) is 9.69. The summed E-state index contributed by atoms with van der Waals surface area (Å²) in [6, 6.07) is -0.136. The summed E-state index contributed by atoms with van der Waals surface area (Å²) in [5.74, 6) is -0.0894. The molecule has 0 bridgehead atoms. The Hall–Kier alpha value is -2.75. The molecule has 3 N–H and O–H groups in total. The minimum Gasteiger partial charge on any atom is -0.376 e. The Morgan fingerprint density at radius 2 is 2.29 bits per heavy atom. The molecule has 0 spiro atoms. The Bertz CT molecular complexity index is 732. The Kier molecular flexibility index (Phi) is 7.12. The number of imidazole rings is 1. The van der Waals surface area contributed by atoms with Gasteiger partial charge in [0.2, 0.25) is 5.91 Å². The second-order valence-electron chi connectivity index (χ2n) is 6.89. The lowest BCUT2D eigenvalue weighted by molar-refractivity contribution is -0.128. The van der Waals surface area contributed by atoms with Crippen LogP contribution in [0.1, 0.15) is 43.2 Å². The standard InChI is InChI=1S/C18H27N7O3/c1-2-9-28-15-10-13(17(26)22-7-8-25-12-19-11-23-25)3-4-14(15)24-18(27)16-20-5-6-21-16/h5-6,11-15H,2-4,7-10H2,1H3,(H,20,21)(H,22,26)(H,24,27)/t13-,14+,15+/m0/s1. The lowest BCUT2D eigenvalue weighted by Crippen LogP contribution is -2.50. The van der Waals surface area contributed by atoms with Gasteiger partial charge in [-0.3, -0.25) is 14.3 Å². The van der Waals surface area contributed by atoms with E-state index in [1.165, 1.54) is 6.33 Å². The number of rotatable bonds is 9. The van der Waals surface area contributed by atoms with Gasteiger partial charge in [0.25, 0.3) is 5.91 Å².